The summed E-state index contributed by atoms with van der Waals surface area (Å²) in [5, 5.41) is 12.1. The number of anilines is 1. The highest BCUT2D eigenvalue weighted by Gasteiger charge is 2.17. The average Bonchev–Trinajstić information content (AvgIpc) is 2.32. The van der Waals surface area contributed by atoms with Crippen LogP contribution in [0.2, 0.25) is 0 Å². The van der Waals surface area contributed by atoms with Gasteiger partial charge in [-0.3, -0.25) is 4.79 Å². The van der Waals surface area contributed by atoms with E-state index in [2.05, 4.69) is 21.2 Å². The Bertz CT molecular complexity index is 623. The molecule has 3 nitrogen and oxygen atoms in total. The van der Waals surface area contributed by atoms with Crippen molar-refractivity contribution in [1.82, 2.24) is 0 Å². The second-order valence-corrected chi connectivity index (χ2v) is 4.96. The van der Waals surface area contributed by atoms with Crippen LogP contribution < -0.4 is 5.32 Å². The van der Waals surface area contributed by atoms with Crippen LogP contribution in [0.1, 0.15) is 15.9 Å². The number of phenols is 1. The third kappa shape index (κ3) is 2.93. The third-order valence-corrected chi connectivity index (χ3v) is 3.15. The van der Waals surface area contributed by atoms with Gasteiger partial charge in [0.25, 0.3) is 5.91 Å². The fourth-order valence-corrected chi connectivity index (χ4v) is 2.17. The van der Waals surface area contributed by atoms with E-state index in [0.29, 0.717) is 5.69 Å². The first-order valence-electron chi connectivity index (χ1n) is 5.54. The summed E-state index contributed by atoms with van der Waals surface area (Å²) in [5.74, 6) is -1.82. The molecule has 0 aromatic heterocycles. The van der Waals surface area contributed by atoms with Crippen LogP contribution in [0.3, 0.4) is 0 Å². The predicted octanol–water partition coefficient (Wildman–Crippen LogP) is 3.85. The molecule has 0 aliphatic rings. The van der Waals surface area contributed by atoms with Crippen molar-refractivity contribution in [3.05, 3.63) is 57.8 Å². The van der Waals surface area contributed by atoms with Gasteiger partial charge in [-0.05, 0) is 42.8 Å². The number of hydrogen-bond donors (Lipinski definition) is 2. The molecule has 19 heavy (non-hydrogen) atoms. The number of aryl methyl sites for hydroxylation is 1. The summed E-state index contributed by atoms with van der Waals surface area (Å²) >= 11 is 3.32. The SMILES string of the molecule is Cc1cc(Br)ccc1NC(=O)c1c(O)cccc1F. The van der Waals surface area contributed by atoms with Gasteiger partial charge in [-0.1, -0.05) is 22.0 Å². The molecule has 0 aliphatic heterocycles. The molecule has 98 valence electrons. The summed E-state index contributed by atoms with van der Waals surface area (Å²) in [6.07, 6.45) is 0. The van der Waals surface area contributed by atoms with Gasteiger partial charge in [0, 0.05) is 10.2 Å². The smallest absolute Gasteiger partial charge is 0.262 e. The van der Waals surface area contributed by atoms with Gasteiger partial charge in [0.1, 0.15) is 17.1 Å². The number of carbonyl (C=O) groups is 1. The van der Waals surface area contributed by atoms with Gasteiger partial charge in [-0.2, -0.15) is 0 Å². The summed E-state index contributed by atoms with van der Waals surface area (Å²) in [6, 6.07) is 9.04. The molecule has 0 atom stereocenters. The summed E-state index contributed by atoms with van der Waals surface area (Å²) < 4.78 is 14.4. The largest absolute Gasteiger partial charge is 0.507 e. The predicted molar refractivity (Wildman–Crippen MR) is 74.9 cm³/mol. The van der Waals surface area contributed by atoms with Crippen LogP contribution in [-0.2, 0) is 0 Å². The van der Waals surface area contributed by atoms with Crippen molar-refractivity contribution in [3.63, 3.8) is 0 Å². The molecule has 0 spiro atoms. The van der Waals surface area contributed by atoms with Crippen LogP contribution >= 0.6 is 15.9 Å². The lowest BCUT2D eigenvalue weighted by Crippen LogP contribution is -2.14. The van der Waals surface area contributed by atoms with E-state index in [1.807, 2.05) is 13.0 Å². The molecule has 0 bridgehead atoms. The number of halogens is 2. The van der Waals surface area contributed by atoms with Gasteiger partial charge in [-0.15, -0.1) is 0 Å². The van der Waals surface area contributed by atoms with Crippen LogP contribution in [0.25, 0.3) is 0 Å². The molecule has 0 radical (unpaired) electrons. The fourth-order valence-electron chi connectivity index (χ4n) is 1.69. The number of phenolic OH excluding ortho intramolecular Hbond substituents is 1. The highest BCUT2D eigenvalue weighted by Crippen LogP contribution is 2.24. The summed E-state index contributed by atoms with van der Waals surface area (Å²) in [5.41, 5.74) is 1.04. The minimum absolute atomic E-state index is 0.357. The van der Waals surface area contributed by atoms with Crippen LogP contribution in [0.4, 0.5) is 10.1 Å². The maximum atomic E-state index is 13.5. The van der Waals surface area contributed by atoms with Gasteiger partial charge in [0.2, 0.25) is 0 Å². The molecular formula is C14H11BrFNO2. The Kier molecular flexibility index (Phi) is 3.85. The van der Waals surface area contributed by atoms with Crippen molar-refractivity contribution in [3.8, 4) is 5.75 Å². The van der Waals surface area contributed by atoms with Crippen molar-refractivity contribution in [1.29, 1.82) is 0 Å². The second-order valence-electron chi connectivity index (χ2n) is 4.05. The lowest BCUT2D eigenvalue weighted by Gasteiger charge is -2.10. The highest BCUT2D eigenvalue weighted by atomic mass is 79.9. The van der Waals surface area contributed by atoms with Crippen molar-refractivity contribution in [2.45, 2.75) is 6.92 Å². The Balaban J connectivity index is 2.31. The molecule has 2 rings (SSSR count). The maximum absolute atomic E-state index is 13.5. The zero-order valence-electron chi connectivity index (χ0n) is 10.1. The second kappa shape index (κ2) is 5.40. The first-order valence-corrected chi connectivity index (χ1v) is 6.33. The zero-order chi connectivity index (χ0) is 14.0. The van der Waals surface area contributed by atoms with E-state index in [-0.39, 0.29) is 11.3 Å². The number of amides is 1. The monoisotopic (exact) mass is 323 g/mol. The number of carbonyl (C=O) groups excluding carboxylic acids is 1. The van der Waals surface area contributed by atoms with Crippen molar-refractivity contribution < 1.29 is 14.3 Å². The highest BCUT2D eigenvalue weighted by molar-refractivity contribution is 9.10. The number of nitrogens with one attached hydrogen (secondary N) is 1. The van der Waals surface area contributed by atoms with E-state index in [9.17, 15) is 14.3 Å². The summed E-state index contributed by atoms with van der Waals surface area (Å²) in [4.78, 5) is 12.0. The molecule has 0 unspecified atom stereocenters. The molecule has 0 fully saturated rings. The quantitative estimate of drug-likeness (QED) is 0.881. The maximum Gasteiger partial charge on any atom is 0.262 e. The molecule has 2 aromatic carbocycles. The number of benzene rings is 2. The van der Waals surface area contributed by atoms with E-state index in [0.717, 1.165) is 16.1 Å². The molecule has 0 saturated heterocycles. The zero-order valence-corrected chi connectivity index (χ0v) is 11.7. The first-order chi connectivity index (χ1) is 8.99. The lowest BCUT2D eigenvalue weighted by molar-refractivity contribution is 0.102. The van der Waals surface area contributed by atoms with E-state index in [4.69, 9.17) is 0 Å². The Morgan fingerprint density at radius 2 is 2.05 bits per heavy atom. The molecule has 0 aliphatic carbocycles. The van der Waals surface area contributed by atoms with Crippen molar-refractivity contribution >= 4 is 27.5 Å². The van der Waals surface area contributed by atoms with Gasteiger partial charge in [0.15, 0.2) is 0 Å². The van der Waals surface area contributed by atoms with E-state index >= 15 is 0 Å². The molecule has 2 N–H and O–H groups in total. The molecule has 0 saturated carbocycles. The molecule has 2 aromatic rings. The van der Waals surface area contributed by atoms with Gasteiger partial charge in [0.05, 0.1) is 0 Å². The standard InChI is InChI=1S/C14H11BrFNO2/c1-8-7-9(15)5-6-11(8)17-14(19)13-10(16)3-2-4-12(13)18/h2-7,18H,1H3,(H,17,19). The number of rotatable bonds is 2. The Morgan fingerprint density at radius 1 is 1.32 bits per heavy atom. The van der Waals surface area contributed by atoms with E-state index < -0.39 is 11.7 Å². The Hall–Kier alpha value is -1.88. The topological polar surface area (TPSA) is 49.3 Å². The average molecular weight is 324 g/mol. The summed E-state index contributed by atoms with van der Waals surface area (Å²) in [7, 11) is 0. The van der Waals surface area contributed by atoms with Crippen molar-refractivity contribution in [2.24, 2.45) is 0 Å². The van der Waals surface area contributed by atoms with Gasteiger partial charge >= 0.3 is 0 Å². The molecule has 1 amide bonds. The minimum atomic E-state index is -0.757. The van der Waals surface area contributed by atoms with Crippen LogP contribution in [0, 0.1) is 12.7 Å². The lowest BCUT2D eigenvalue weighted by atomic mass is 10.1. The van der Waals surface area contributed by atoms with Crippen LogP contribution in [-0.4, -0.2) is 11.0 Å². The summed E-state index contributed by atoms with van der Waals surface area (Å²) in [6.45, 7) is 1.82. The first kappa shape index (κ1) is 13.5. The molecule has 0 heterocycles. The van der Waals surface area contributed by atoms with E-state index in [1.165, 1.54) is 12.1 Å². The van der Waals surface area contributed by atoms with Crippen molar-refractivity contribution in [2.75, 3.05) is 5.32 Å². The fraction of sp³-hybridized carbons (Fsp3) is 0.0714. The minimum Gasteiger partial charge on any atom is -0.507 e. The Morgan fingerprint density at radius 3 is 2.68 bits per heavy atom. The van der Waals surface area contributed by atoms with Crippen LogP contribution in [0.15, 0.2) is 40.9 Å². The van der Waals surface area contributed by atoms with Gasteiger partial charge < -0.3 is 10.4 Å². The number of aromatic hydroxyl groups is 1. The normalized spacial score (nSPS) is 10.3. The van der Waals surface area contributed by atoms with E-state index in [1.54, 1.807) is 12.1 Å². The van der Waals surface area contributed by atoms with Crippen LogP contribution in [0.5, 0.6) is 5.75 Å². The number of hydrogen-bond acceptors (Lipinski definition) is 2. The molecule has 5 heteroatoms. The molecular weight excluding hydrogens is 313 g/mol. The van der Waals surface area contributed by atoms with Gasteiger partial charge in [-0.25, -0.2) is 4.39 Å². The Labute approximate surface area is 118 Å². The third-order valence-electron chi connectivity index (χ3n) is 2.66.